The topological polar surface area (TPSA) is 90.2 Å². The fourth-order valence-electron chi connectivity index (χ4n) is 3.45. The Hall–Kier alpha value is -2.71. The van der Waals surface area contributed by atoms with Gasteiger partial charge in [0.2, 0.25) is 5.95 Å². The molecule has 0 spiro atoms. The van der Waals surface area contributed by atoms with Gasteiger partial charge < -0.3 is 20.0 Å². The molecule has 3 heterocycles. The summed E-state index contributed by atoms with van der Waals surface area (Å²) in [7, 11) is -0.892. The number of aryl methyl sites for hydroxylation is 1. The average Bonchev–Trinajstić information content (AvgIpc) is 2.85. The Labute approximate surface area is 168 Å². The molecule has 6 nitrogen and oxygen atoms in total. The molecule has 1 aliphatic rings. The number of benzene rings is 1. The monoisotopic (exact) mass is 395 g/mol. The highest BCUT2D eigenvalue weighted by atomic mass is 19.1. The van der Waals surface area contributed by atoms with Crippen molar-refractivity contribution in [1.29, 1.82) is 0 Å². The molecule has 2 aromatic heterocycles. The number of nitrogen functional groups attached to an aromatic ring is 1. The summed E-state index contributed by atoms with van der Waals surface area (Å²) in [6, 6.07) is 6.98. The van der Waals surface area contributed by atoms with Crippen molar-refractivity contribution in [3.63, 3.8) is 0 Å². The van der Waals surface area contributed by atoms with E-state index < -0.39 is 24.3 Å². The summed E-state index contributed by atoms with van der Waals surface area (Å²) in [4.78, 5) is 18.7. The average molecular weight is 395 g/mol. The molecule has 1 fully saturated rings. The zero-order valence-electron chi connectivity index (χ0n) is 17.1. The predicted molar refractivity (Wildman–Crippen MR) is 113 cm³/mol. The number of aromatic amines is 1. The molecule has 0 unspecified atom stereocenters. The van der Waals surface area contributed by atoms with Gasteiger partial charge in [-0.3, -0.25) is 4.79 Å². The second-order valence-corrected chi connectivity index (χ2v) is 8.45. The summed E-state index contributed by atoms with van der Waals surface area (Å²) in [6.45, 7) is 9.52. The van der Waals surface area contributed by atoms with Gasteiger partial charge in [0.25, 0.3) is 5.56 Å². The van der Waals surface area contributed by atoms with E-state index >= 15 is 0 Å². The van der Waals surface area contributed by atoms with Crippen LogP contribution in [-0.2, 0) is 9.31 Å². The summed E-state index contributed by atoms with van der Waals surface area (Å²) < 4.78 is 26.6. The van der Waals surface area contributed by atoms with Crippen LogP contribution in [-0.4, -0.2) is 28.3 Å². The lowest BCUT2D eigenvalue weighted by Crippen LogP contribution is -2.41. The van der Waals surface area contributed by atoms with E-state index in [4.69, 9.17) is 15.0 Å². The van der Waals surface area contributed by atoms with Gasteiger partial charge in [-0.2, -0.15) is 4.39 Å². The van der Waals surface area contributed by atoms with E-state index in [0.29, 0.717) is 10.9 Å². The van der Waals surface area contributed by atoms with Crippen LogP contribution in [0.15, 0.2) is 35.3 Å². The summed E-state index contributed by atoms with van der Waals surface area (Å²) in [6.07, 6.45) is 1.66. The minimum atomic E-state index is -0.892. The van der Waals surface area contributed by atoms with Crippen LogP contribution >= 0.6 is 0 Å². The first kappa shape index (κ1) is 19.6. The molecule has 0 aliphatic carbocycles. The maximum atomic E-state index is 14.7. The third kappa shape index (κ3) is 3.12. The maximum absolute atomic E-state index is 14.7. The quantitative estimate of drug-likeness (QED) is 0.515. The Morgan fingerprint density at radius 1 is 1.10 bits per heavy atom. The van der Waals surface area contributed by atoms with Gasteiger partial charge in [0.15, 0.2) is 0 Å². The van der Waals surface area contributed by atoms with Gasteiger partial charge in [-0.05, 0) is 69.3 Å². The number of hydrogen-bond acceptors (Lipinski definition) is 5. The number of rotatable bonds is 2. The molecule has 0 radical (unpaired) electrons. The molecule has 1 aromatic carbocycles. The molecule has 0 amide bonds. The van der Waals surface area contributed by atoms with E-state index in [1.807, 2.05) is 40.7 Å². The van der Waals surface area contributed by atoms with E-state index in [1.165, 1.54) is 0 Å². The standard InChI is InChI=1S/C21H23BFN3O3/c1-11-10-25-19(27)13-7-6-12(8-14(11)13)15-9-16(17(23)26-18(15)24)22-28-20(2,3)21(4,5)29-22/h6-10H,1-5H3,(H2,24,26)(H,25,27). The molecule has 8 heteroatoms. The van der Waals surface area contributed by atoms with Crippen molar-refractivity contribution in [3.8, 4) is 11.1 Å². The van der Waals surface area contributed by atoms with E-state index in [1.54, 1.807) is 24.4 Å². The smallest absolute Gasteiger partial charge is 0.399 e. The summed E-state index contributed by atoms with van der Waals surface area (Å²) in [5.74, 6) is -0.664. The normalized spacial score (nSPS) is 17.8. The van der Waals surface area contributed by atoms with Gasteiger partial charge in [-0.15, -0.1) is 0 Å². The van der Waals surface area contributed by atoms with Crippen molar-refractivity contribution in [2.24, 2.45) is 0 Å². The first-order valence-corrected chi connectivity index (χ1v) is 9.44. The van der Waals surface area contributed by atoms with Crippen LogP contribution in [0.1, 0.15) is 33.3 Å². The Morgan fingerprint density at radius 3 is 2.41 bits per heavy atom. The third-order valence-electron chi connectivity index (χ3n) is 5.96. The zero-order chi connectivity index (χ0) is 21.1. The molecule has 3 N–H and O–H groups in total. The number of aromatic nitrogens is 2. The highest BCUT2D eigenvalue weighted by molar-refractivity contribution is 6.62. The van der Waals surface area contributed by atoms with Crippen molar-refractivity contribution < 1.29 is 13.7 Å². The highest BCUT2D eigenvalue weighted by Gasteiger charge is 2.52. The number of anilines is 1. The lowest BCUT2D eigenvalue weighted by atomic mass is 9.78. The molecule has 1 aliphatic heterocycles. The summed E-state index contributed by atoms with van der Waals surface area (Å²) in [5, 5.41) is 1.38. The van der Waals surface area contributed by atoms with E-state index in [0.717, 1.165) is 16.5 Å². The predicted octanol–water partition coefficient (Wildman–Crippen LogP) is 2.92. The number of nitrogens with zero attached hydrogens (tertiary/aromatic N) is 1. The fraction of sp³-hybridized carbons (Fsp3) is 0.333. The van der Waals surface area contributed by atoms with E-state index in [9.17, 15) is 9.18 Å². The Kier molecular flexibility index (Phi) is 4.33. The van der Waals surface area contributed by atoms with Crippen LogP contribution < -0.4 is 16.8 Å². The summed E-state index contributed by atoms with van der Waals surface area (Å²) in [5.41, 5.74) is 7.06. The number of H-pyrrole nitrogens is 1. The lowest BCUT2D eigenvalue weighted by Gasteiger charge is -2.32. The molecule has 4 rings (SSSR count). The van der Waals surface area contributed by atoms with E-state index in [-0.39, 0.29) is 16.8 Å². The fourth-order valence-corrected chi connectivity index (χ4v) is 3.45. The largest absolute Gasteiger partial charge is 0.499 e. The first-order chi connectivity index (χ1) is 13.5. The third-order valence-corrected chi connectivity index (χ3v) is 5.96. The first-order valence-electron chi connectivity index (χ1n) is 9.44. The van der Waals surface area contributed by atoms with Crippen LogP contribution in [0.4, 0.5) is 10.2 Å². The number of hydrogen-bond donors (Lipinski definition) is 2. The van der Waals surface area contributed by atoms with Gasteiger partial charge >= 0.3 is 7.12 Å². The SMILES string of the molecule is Cc1c[nH]c(=O)c2ccc(-c3cc(B4OC(C)(C)C(C)(C)O4)c(F)nc3N)cc12. The molecular formula is C21H23BFN3O3. The number of pyridine rings is 2. The van der Waals surface area contributed by atoms with Crippen LogP contribution in [0.3, 0.4) is 0 Å². The molecule has 0 saturated carbocycles. The maximum Gasteiger partial charge on any atom is 0.499 e. The number of fused-ring (bicyclic) bond motifs is 1. The number of halogens is 1. The van der Waals surface area contributed by atoms with Crippen molar-refractivity contribution in [1.82, 2.24) is 9.97 Å². The van der Waals surface area contributed by atoms with Crippen LogP contribution in [0.2, 0.25) is 0 Å². The number of nitrogens with one attached hydrogen (secondary N) is 1. The van der Waals surface area contributed by atoms with Crippen molar-refractivity contribution in [3.05, 3.63) is 52.3 Å². The van der Waals surface area contributed by atoms with Crippen LogP contribution in [0.25, 0.3) is 21.9 Å². The van der Waals surface area contributed by atoms with Gasteiger partial charge in [-0.25, -0.2) is 4.98 Å². The Morgan fingerprint density at radius 2 is 1.76 bits per heavy atom. The van der Waals surface area contributed by atoms with Gasteiger partial charge in [0.05, 0.1) is 11.2 Å². The van der Waals surface area contributed by atoms with Crippen molar-refractivity contribution in [2.45, 2.75) is 45.8 Å². The van der Waals surface area contributed by atoms with E-state index in [2.05, 4.69) is 9.97 Å². The molecule has 3 aromatic rings. The van der Waals surface area contributed by atoms with Gasteiger partial charge in [0.1, 0.15) is 5.82 Å². The highest BCUT2D eigenvalue weighted by Crippen LogP contribution is 2.37. The Bertz CT molecular complexity index is 1170. The van der Waals surface area contributed by atoms with Crippen molar-refractivity contribution >= 4 is 29.2 Å². The molecule has 29 heavy (non-hydrogen) atoms. The second-order valence-electron chi connectivity index (χ2n) is 8.45. The molecular weight excluding hydrogens is 372 g/mol. The summed E-state index contributed by atoms with van der Waals surface area (Å²) >= 11 is 0. The zero-order valence-corrected chi connectivity index (χ0v) is 17.1. The van der Waals surface area contributed by atoms with Gasteiger partial charge in [0, 0.05) is 22.6 Å². The molecule has 1 saturated heterocycles. The minimum absolute atomic E-state index is 0.0598. The second kappa shape index (κ2) is 6.40. The minimum Gasteiger partial charge on any atom is -0.399 e. The molecule has 0 bridgehead atoms. The number of nitrogens with two attached hydrogens (primary N) is 1. The Balaban J connectivity index is 1.84. The molecule has 150 valence electrons. The lowest BCUT2D eigenvalue weighted by molar-refractivity contribution is 0.00578. The van der Waals surface area contributed by atoms with Crippen molar-refractivity contribution in [2.75, 3.05) is 5.73 Å². The van der Waals surface area contributed by atoms with Gasteiger partial charge in [-0.1, -0.05) is 6.07 Å². The molecule has 0 atom stereocenters. The van der Waals surface area contributed by atoms with Crippen LogP contribution in [0.5, 0.6) is 0 Å². The van der Waals surface area contributed by atoms with Crippen LogP contribution in [0, 0.1) is 12.9 Å².